The summed E-state index contributed by atoms with van der Waals surface area (Å²) in [6.45, 7) is 18.2. The minimum absolute atomic E-state index is 0.219. The molecule has 4 radical (unpaired) electrons. The number of aromatic nitrogens is 2. The van der Waals surface area contributed by atoms with Crippen molar-refractivity contribution in [1.29, 1.82) is 0 Å². The Bertz CT molecular complexity index is 1320. The molecule has 230 valence electrons. The first-order valence-corrected chi connectivity index (χ1v) is 22.9. The van der Waals surface area contributed by atoms with Crippen LogP contribution in [0.1, 0.15) is 125 Å². The van der Waals surface area contributed by atoms with E-state index in [1.54, 1.807) is 0 Å². The summed E-state index contributed by atoms with van der Waals surface area (Å²) in [6, 6.07) is 25.4. The monoisotopic (exact) mass is 750 g/mol. The van der Waals surface area contributed by atoms with E-state index in [0.29, 0.717) is 23.7 Å². The number of benzene rings is 2. The van der Waals surface area contributed by atoms with Crippen LogP contribution >= 0.6 is 20.0 Å². The maximum atomic E-state index is 7.25. The number of rotatable bonds is 13. The summed E-state index contributed by atoms with van der Waals surface area (Å²) in [5.41, 5.74) is 9.63. The van der Waals surface area contributed by atoms with E-state index < -0.39 is 29.4 Å². The normalized spacial score (nSPS) is 13.1. The molecule has 0 saturated carbocycles. The van der Waals surface area contributed by atoms with Crippen molar-refractivity contribution in [3.05, 3.63) is 119 Å². The molecular formula is C36H44Cl2Ge2N4. The van der Waals surface area contributed by atoms with E-state index in [1.165, 1.54) is 33.6 Å². The SMILES string of the molecule is CC(C)c1cccc(C(C)C)c1[N]([Ge][Cl])[C@@H](c1ccccn1)[C@H](c1ccccn1)[N]([Ge][Cl])c1c(C(C)C)cccc1C(C)C. The first-order chi connectivity index (χ1) is 21.1. The molecule has 4 rings (SSSR count). The molecule has 8 heteroatoms. The summed E-state index contributed by atoms with van der Waals surface area (Å²) >= 11 is -2.29. The van der Waals surface area contributed by atoms with Crippen molar-refractivity contribution in [3.63, 3.8) is 0 Å². The molecule has 2 aromatic carbocycles. The summed E-state index contributed by atoms with van der Waals surface area (Å²) < 4.78 is 4.99. The standard InChI is InChI=1S/C36H44Cl2Ge2N4/c1-23(2)27-15-13-16-28(24(3)4)33(27)43(39-37)35(31-19-9-11-21-41-31)36(32-20-10-12-22-42-32)44(40-38)34-29(25(5)6)17-14-18-30(34)26(7)8/h9-26,35-36H,1-8H3/t35-,36-/m0/s1. The zero-order valence-corrected chi connectivity index (χ0v) is 32.8. The Morgan fingerprint density at radius 1 is 0.477 bits per heavy atom. The molecule has 0 aliphatic carbocycles. The number of hydrogen-bond donors (Lipinski definition) is 0. The number of hydrogen-bond acceptors (Lipinski definition) is 4. The van der Waals surface area contributed by atoms with Crippen LogP contribution in [-0.2, 0) is 0 Å². The number of halogens is 2. The van der Waals surface area contributed by atoms with E-state index in [1.807, 2.05) is 24.5 Å². The number of nitrogens with zero attached hydrogens (tertiary/aromatic N) is 4. The van der Waals surface area contributed by atoms with Gasteiger partial charge in [0.25, 0.3) is 0 Å². The molecule has 4 aromatic rings. The zero-order chi connectivity index (χ0) is 32.0. The van der Waals surface area contributed by atoms with Gasteiger partial charge < -0.3 is 0 Å². The van der Waals surface area contributed by atoms with Gasteiger partial charge in [-0.1, -0.05) is 0 Å². The first-order valence-electron chi connectivity index (χ1n) is 15.5. The molecule has 0 aliphatic rings. The van der Waals surface area contributed by atoms with Crippen molar-refractivity contribution < 1.29 is 0 Å². The van der Waals surface area contributed by atoms with Crippen LogP contribution in [0.2, 0.25) is 0 Å². The van der Waals surface area contributed by atoms with Crippen molar-refractivity contribution >= 4 is 60.8 Å². The van der Waals surface area contributed by atoms with Crippen LogP contribution in [0.5, 0.6) is 0 Å². The Hall–Kier alpha value is -1.99. The van der Waals surface area contributed by atoms with Gasteiger partial charge in [-0.05, 0) is 0 Å². The molecular weight excluding hydrogens is 705 g/mol. The quantitative estimate of drug-likeness (QED) is 0.128. The van der Waals surface area contributed by atoms with E-state index >= 15 is 0 Å². The van der Waals surface area contributed by atoms with Crippen LogP contribution in [0.4, 0.5) is 11.4 Å². The average Bonchev–Trinajstić information content (AvgIpc) is 3.02. The van der Waals surface area contributed by atoms with Crippen LogP contribution in [0.15, 0.2) is 85.2 Å². The van der Waals surface area contributed by atoms with Gasteiger partial charge in [0.2, 0.25) is 0 Å². The topological polar surface area (TPSA) is 32.3 Å². The van der Waals surface area contributed by atoms with Gasteiger partial charge in [-0.3, -0.25) is 0 Å². The van der Waals surface area contributed by atoms with Crippen molar-refractivity contribution in [2.45, 2.75) is 91.1 Å². The number of pyridine rings is 2. The molecule has 2 aromatic heterocycles. The third kappa shape index (κ3) is 7.51. The summed E-state index contributed by atoms with van der Waals surface area (Å²) in [7, 11) is 14.5. The first kappa shape index (κ1) is 34.9. The summed E-state index contributed by atoms with van der Waals surface area (Å²) in [5.74, 6) is 1.30. The molecule has 44 heavy (non-hydrogen) atoms. The van der Waals surface area contributed by atoms with Crippen molar-refractivity contribution in [2.75, 3.05) is 7.71 Å². The molecule has 2 atom stereocenters. The third-order valence-corrected chi connectivity index (χ3v) is 12.9. The summed E-state index contributed by atoms with van der Waals surface area (Å²) in [6.07, 6.45) is 3.79. The van der Waals surface area contributed by atoms with E-state index in [0.717, 1.165) is 11.4 Å². The van der Waals surface area contributed by atoms with Crippen LogP contribution in [0.25, 0.3) is 0 Å². The fourth-order valence-corrected chi connectivity index (χ4v) is 11.0. The second kappa shape index (κ2) is 16.0. The van der Waals surface area contributed by atoms with Gasteiger partial charge in [0.05, 0.1) is 0 Å². The molecule has 0 aliphatic heterocycles. The van der Waals surface area contributed by atoms with Gasteiger partial charge in [-0.15, -0.1) is 0 Å². The Morgan fingerprint density at radius 3 is 1.02 bits per heavy atom. The molecule has 4 nitrogen and oxygen atoms in total. The van der Waals surface area contributed by atoms with Crippen molar-refractivity contribution in [3.8, 4) is 0 Å². The second-order valence-corrected chi connectivity index (χ2v) is 17.0. The van der Waals surface area contributed by atoms with Gasteiger partial charge in [-0.25, -0.2) is 0 Å². The Balaban J connectivity index is 2.13. The van der Waals surface area contributed by atoms with Crippen molar-refractivity contribution in [2.24, 2.45) is 0 Å². The molecule has 0 bridgehead atoms. The van der Waals surface area contributed by atoms with Gasteiger partial charge in [0.15, 0.2) is 0 Å². The molecule has 0 saturated heterocycles. The van der Waals surface area contributed by atoms with Crippen LogP contribution in [-0.4, -0.2) is 39.4 Å². The summed E-state index contributed by atoms with van der Waals surface area (Å²) in [4.78, 5) is 10.1. The molecule has 0 fully saturated rings. The van der Waals surface area contributed by atoms with Crippen LogP contribution < -0.4 is 7.71 Å². The van der Waals surface area contributed by atoms with Gasteiger partial charge in [-0.2, -0.15) is 0 Å². The summed E-state index contributed by atoms with van der Waals surface area (Å²) in [5, 5.41) is 0. The van der Waals surface area contributed by atoms with Crippen LogP contribution in [0.3, 0.4) is 0 Å². The predicted molar refractivity (Wildman–Crippen MR) is 191 cm³/mol. The Kier molecular flexibility index (Phi) is 12.7. The van der Waals surface area contributed by atoms with Crippen molar-refractivity contribution in [1.82, 2.24) is 9.97 Å². The minimum atomic E-state index is -1.15. The van der Waals surface area contributed by atoms with Crippen LogP contribution in [0, 0.1) is 0 Å². The maximum absolute atomic E-state index is 7.25. The molecule has 0 spiro atoms. The fraction of sp³-hybridized carbons (Fsp3) is 0.389. The van der Waals surface area contributed by atoms with Gasteiger partial charge >= 0.3 is 289 Å². The number of para-hydroxylation sites is 2. The Labute approximate surface area is 286 Å². The molecule has 0 amide bonds. The van der Waals surface area contributed by atoms with E-state index in [-0.39, 0.29) is 12.1 Å². The average molecular weight is 749 g/mol. The molecule has 2 heterocycles. The van der Waals surface area contributed by atoms with E-state index in [2.05, 4.69) is 124 Å². The number of anilines is 2. The predicted octanol–water partition coefficient (Wildman–Crippen LogP) is 10.3. The molecule has 0 unspecified atom stereocenters. The van der Waals surface area contributed by atoms with E-state index in [9.17, 15) is 0 Å². The van der Waals surface area contributed by atoms with Gasteiger partial charge in [0, 0.05) is 0 Å². The third-order valence-electron chi connectivity index (χ3n) is 8.19. The zero-order valence-electron chi connectivity index (χ0n) is 27.1. The van der Waals surface area contributed by atoms with E-state index in [4.69, 9.17) is 30.0 Å². The second-order valence-electron chi connectivity index (χ2n) is 12.5. The fourth-order valence-electron chi connectivity index (χ4n) is 6.02. The van der Waals surface area contributed by atoms with Gasteiger partial charge in [0.1, 0.15) is 0 Å². The molecule has 0 N–H and O–H groups in total. The Morgan fingerprint density at radius 2 is 0.795 bits per heavy atom.